The van der Waals surface area contributed by atoms with Crippen molar-refractivity contribution in [2.45, 2.75) is 57.0 Å². The Labute approximate surface area is 281 Å². The van der Waals surface area contributed by atoms with Crippen LogP contribution in [-0.4, -0.2) is 46.9 Å². The number of amides is 2. The first-order valence-corrected chi connectivity index (χ1v) is 16.6. The Morgan fingerprint density at radius 1 is 0.872 bits per heavy atom. The molecular weight excluding hydrogens is 614 g/mol. The number of anilines is 1. The Morgan fingerprint density at radius 3 is 2.19 bits per heavy atom. The summed E-state index contributed by atoms with van der Waals surface area (Å²) < 4.78 is 13.3. The van der Waals surface area contributed by atoms with Gasteiger partial charge in [0.1, 0.15) is 0 Å². The van der Waals surface area contributed by atoms with E-state index in [9.17, 15) is 15.0 Å². The zero-order chi connectivity index (χ0) is 32.8. The van der Waals surface area contributed by atoms with Gasteiger partial charge in [0, 0.05) is 48.4 Å². The number of carbonyl (C=O) groups is 1. The lowest BCUT2D eigenvalue weighted by Crippen LogP contribution is -2.49. The molecule has 0 radical (unpaired) electrons. The average Bonchev–Trinajstić information content (AvgIpc) is 3.10. The number of aliphatic hydroxyl groups excluding tert-OH is 1. The van der Waals surface area contributed by atoms with Gasteiger partial charge < -0.3 is 35.2 Å². The van der Waals surface area contributed by atoms with Crippen LogP contribution < -0.4 is 10.6 Å². The van der Waals surface area contributed by atoms with Crippen LogP contribution in [0.4, 0.5) is 10.5 Å². The fourth-order valence-electron chi connectivity index (χ4n) is 6.41. The van der Waals surface area contributed by atoms with Crippen molar-refractivity contribution in [1.29, 1.82) is 0 Å². The molecule has 0 aromatic heterocycles. The molecule has 0 spiro atoms. The van der Waals surface area contributed by atoms with E-state index < -0.39 is 11.9 Å². The van der Waals surface area contributed by atoms with Gasteiger partial charge in [0.15, 0.2) is 6.29 Å². The number of ether oxygens (including phenoxy) is 2. The number of aliphatic hydroxyl groups is 2. The maximum Gasteiger partial charge on any atom is 0.319 e. The molecule has 2 heterocycles. The molecule has 9 heteroatoms. The van der Waals surface area contributed by atoms with Crippen LogP contribution >= 0.6 is 11.6 Å². The van der Waals surface area contributed by atoms with Crippen LogP contribution in [0.5, 0.6) is 0 Å². The summed E-state index contributed by atoms with van der Waals surface area (Å²) >= 11 is 6.08. The maximum atomic E-state index is 12.5. The molecule has 2 aliphatic heterocycles. The lowest BCUT2D eigenvalue weighted by atomic mass is 9.84. The highest BCUT2D eigenvalue weighted by molar-refractivity contribution is 6.30. The van der Waals surface area contributed by atoms with E-state index in [4.69, 9.17) is 21.1 Å². The van der Waals surface area contributed by atoms with Gasteiger partial charge in [-0.1, -0.05) is 97.4 Å². The summed E-state index contributed by atoms with van der Waals surface area (Å²) in [5.74, 6) is 0.0394. The highest BCUT2D eigenvalue weighted by Gasteiger charge is 2.41. The summed E-state index contributed by atoms with van der Waals surface area (Å²) in [5, 5.41) is 27.4. The van der Waals surface area contributed by atoms with Crippen LogP contribution in [-0.2, 0) is 28.2 Å². The zero-order valence-electron chi connectivity index (χ0n) is 26.5. The quantitative estimate of drug-likeness (QED) is 0.156. The summed E-state index contributed by atoms with van der Waals surface area (Å²) in [4.78, 5) is 14.9. The van der Waals surface area contributed by atoms with Gasteiger partial charge in [-0.05, 0) is 59.4 Å². The Balaban J connectivity index is 1.13. The third-order valence-corrected chi connectivity index (χ3v) is 9.61. The Morgan fingerprint density at radius 2 is 1.53 bits per heavy atom. The molecule has 47 heavy (non-hydrogen) atoms. The molecule has 8 nitrogen and oxygen atoms in total. The number of urea groups is 1. The van der Waals surface area contributed by atoms with Crippen LogP contribution in [0.2, 0.25) is 5.02 Å². The van der Waals surface area contributed by atoms with E-state index in [0.29, 0.717) is 36.6 Å². The number of rotatable bonds is 9. The number of nitrogens with zero attached hydrogens (tertiary/aromatic N) is 1. The predicted molar refractivity (Wildman–Crippen MR) is 183 cm³/mol. The second kappa shape index (κ2) is 15.0. The van der Waals surface area contributed by atoms with Gasteiger partial charge in [0.05, 0.1) is 24.4 Å². The van der Waals surface area contributed by atoms with Gasteiger partial charge in [-0.25, -0.2) is 4.79 Å². The lowest BCUT2D eigenvalue weighted by molar-refractivity contribution is -0.277. The first-order valence-electron chi connectivity index (χ1n) is 16.2. The summed E-state index contributed by atoms with van der Waals surface area (Å²) in [6.45, 7) is 4.74. The minimum atomic E-state index is -0.878. The molecule has 2 fully saturated rings. The molecule has 0 unspecified atom stereocenters. The van der Waals surface area contributed by atoms with E-state index in [-0.39, 0.29) is 30.8 Å². The largest absolute Gasteiger partial charge is 0.392 e. The first-order chi connectivity index (χ1) is 22.8. The number of carbonyl (C=O) groups excluding carboxylic acids is 1. The minimum Gasteiger partial charge on any atom is -0.392 e. The second-order valence-electron chi connectivity index (χ2n) is 12.6. The molecule has 4 aromatic rings. The summed E-state index contributed by atoms with van der Waals surface area (Å²) in [7, 11) is 0. The normalized spacial score (nSPS) is 22.8. The second-order valence-corrected chi connectivity index (χ2v) is 13.0. The summed E-state index contributed by atoms with van der Waals surface area (Å²) in [5.41, 5.74) is 4.43. The fourth-order valence-corrected chi connectivity index (χ4v) is 6.54. The number of hydrogen-bond donors (Lipinski definition) is 4. The molecule has 0 saturated carbocycles. The summed E-state index contributed by atoms with van der Waals surface area (Å²) in [6.07, 6.45) is 0.253. The van der Waals surface area contributed by atoms with Crippen LogP contribution in [0.3, 0.4) is 0 Å². The number of halogens is 1. The van der Waals surface area contributed by atoms with Crippen LogP contribution in [0, 0.1) is 5.92 Å². The van der Waals surface area contributed by atoms with Crippen molar-refractivity contribution in [3.05, 3.63) is 136 Å². The molecule has 4 N–H and O–H groups in total. The highest BCUT2D eigenvalue weighted by Crippen LogP contribution is 2.43. The van der Waals surface area contributed by atoms with E-state index in [0.717, 1.165) is 40.9 Å². The van der Waals surface area contributed by atoms with Crippen molar-refractivity contribution in [1.82, 2.24) is 10.2 Å². The first kappa shape index (κ1) is 33.2. The topological polar surface area (TPSA) is 103 Å². The molecular formula is C38H42ClN3O5. The van der Waals surface area contributed by atoms with Crippen LogP contribution in [0.15, 0.2) is 103 Å². The number of nitrogens with one attached hydrogen (secondary N) is 2. The maximum absolute atomic E-state index is 12.5. The van der Waals surface area contributed by atoms with Crippen molar-refractivity contribution in [3.8, 4) is 0 Å². The third-order valence-electron chi connectivity index (χ3n) is 9.36. The van der Waals surface area contributed by atoms with Gasteiger partial charge in [0.2, 0.25) is 0 Å². The Hall–Kier alpha value is -3.76. The minimum absolute atomic E-state index is 0.0162. The lowest BCUT2D eigenvalue weighted by Gasteiger charge is -2.45. The number of likely N-dealkylation sites (tertiary alicyclic amines) is 1. The standard InChI is InChI=1S/C38H42ClN3O5/c1-26-34(24-42-21-19-38(45,20-22-42)31-13-15-32(39)16-14-31)46-36(47-35(26)29-9-7-28(25-43)8-10-29)30-11-17-33(18-12-30)41-37(44)40-23-27-5-3-2-4-6-27/h2-18,26,34-36,43,45H,19-25H2,1H3,(H2,40,41,44)/t26-,34+,35+,36+/m1/s1. The number of piperidine rings is 1. The number of hydrogen-bond acceptors (Lipinski definition) is 6. The SMILES string of the molecule is C[C@@H]1[C@H](CN2CCC(O)(c3ccc(Cl)cc3)CC2)O[C@H](c2ccc(NC(=O)NCc3ccccc3)cc2)O[C@@H]1c1ccc(CO)cc1. The van der Waals surface area contributed by atoms with Gasteiger partial charge in [-0.2, -0.15) is 0 Å². The monoisotopic (exact) mass is 655 g/mol. The van der Waals surface area contributed by atoms with E-state index in [1.54, 1.807) is 0 Å². The van der Waals surface area contributed by atoms with Crippen LogP contribution in [0.1, 0.15) is 60.0 Å². The average molecular weight is 656 g/mol. The van der Waals surface area contributed by atoms with Crippen molar-refractivity contribution in [3.63, 3.8) is 0 Å². The van der Waals surface area contributed by atoms with E-state index >= 15 is 0 Å². The molecule has 2 aliphatic rings. The molecule has 0 bridgehead atoms. The van der Waals surface area contributed by atoms with E-state index in [1.165, 1.54) is 0 Å². The van der Waals surface area contributed by atoms with Crippen LogP contribution in [0.25, 0.3) is 0 Å². The molecule has 6 rings (SSSR count). The van der Waals surface area contributed by atoms with Gasteiger partial charge in [-0.3, -0.25) is 0 Å². The van der Waals surface area contributed by atoms with Crippen molar-refractivity contribution in [2.24, 2.45) is 5.92 Å². The molecule has 2 amide bonds. The van der Waals surface area contributed by atoms with Gasteiger partial charge >= 0.3 is 6.03 Å². The predicted octanol–water partition coefficient (Wildman–Crippen LogP) is 6.93. The highest BCUT2D eigenvalue weighted by atomic mass is 35.5. The van der Waals surface area contributed by atoms with E-state index in [1.807, 2.05) is 103 Å². The van der Waals surface area contributed by atoms with Gasteiger partial charge in [0.25, 0.3) is 0 Å². The number of benzene rings is 4. The van der Waals surface area contributed by atoms with Crippen molar-refractivity contribution in [2.75, 3.05) is 25.0 Å². The summed E-state index contributed by atoms with van der Waals surface area (Å²) in [6, 6.07) is 32.4. The molecule has 0 aliphatic carbocycles. The molecule has 4 aromatic carbocycles. The smallest absolute Gasteiger partial charge is 0.319 e. The van der Waals surface area contributed by atoms with Crippen molar-refractivity contribution < 1.29 is 24.5 Å². The Bertz CT molecular complexity index is 1590. The molecule has 2 saturated heterocycles. The van der Waals surface area contributed by atoms with E-state index in [2.05, 4.69) is 22.5 Å². The third kappa shape index (κ3) is 8.22. The molecule has 246 valence electrons. The fraction of sp³-hybridized carbons (Fsp3) is 0.342. The van der Waals surface area contributed by atoms with Gasteiger partial charge in [-0.15, -0.1) is 0 Å². The molecule has 4 atom stereocenters. The van der Waals surface area contributed by atoms with Crippen molar-refractivity contribution >= 4 is 23.3 Å². The zero-order valence-corrected chi connectivity index (χ0v) is 27.3. The Kier molecular flexibility index (Phi) is 10.6.